The summed E-state index contributed by atoms with van der Waals surface area (Å²) in [4.78, 5) is 50.7. The Morgan fingerprint density at radius 2 is 0.959 bits per heavy atom. The highest BCUT2D eigenvalue weighted by Crippen LogP contribution is 2.31. The molecule has 4 atom stereocenters. The summed E-state index contributed by atoms with van der Waals surface area (Å²) < 4.78 is 21.4. The molecule has 0 radical (unpaired) electrons. The van der Waals surface area contributed by atoms with Crippen LogP contribution in [-0.2, 0) is 41.4 Å². The number of carbonyl (C=O) groups is 4. The average molecular weight is 685 g/mol. The Morgan fingerprint density at radius 3 is 1.47 bits per heavy atom. The summed E-state index contributed by atoms with van der Waals surface area (Å²) in [5, 5.41) is 59.4. The lowest BCUT2D eigenvalue weighted by atomic mass is 10.00. The van der Waals surface area contributed by atoms with Gasteiger partial charge >= 0.3 is 23.9 Å². The Bertz CT molecular complexity index is 1650. The third kappa shape index (κ3) is 11.2. The van der Waals surface area contributed by atoms with Gasteiger partial charge in [0.1, 0.15) is 70.0 Å². The van der Waals surface area contributed by atoms with Crippen molar-refractivity contribution in [2.75, 3.05) is 0 Å². The van der Waals surface area contributed by atoms with Gasteiger partial charge in [-0.1, -0.05) is 0 Å². The molecule has 0 amide bonds. The Kier molecular flexibility index (Phi) is 12.7. The lowest BCUT2D eigenvalue weighted by molar-refractivity contribution is -0.151. The molecule has 3 aromatic carbocycles. The highest BCUT2D eigenvalue weighted by atomic mass is 16.6. The number of aromatic hydroxyl groups is 6. The first-order valence-corrected chi connectivity index (χ1v) is 15.3. The molecule has 6 N–H and O–H groups in total. The summed E-state index contributed by atoms with van der Waals surface area (Å²) in [5.74, 6) is -5.37. The molecular formula is C35H40O14. The van der Waals surface area contributed by atoms with Crippen molar-refractivity contribution in [2.45, 2.75) is 84.7 Å². The smallest absolute Gasteiger partial charge is 0.342 e. The van der Waals surface area contributed by atoms with Gasteiger partial charge in [-0.15, -0.1) is 0 Å². The SMILES string of the molecule is Cc1cc(O)cc(O)c1C(=O)OC(C)CC(=O)OC(C)Cc1cc(O)cc(O)c1C(=O)OC(C)CC(=O)OC(C)Cc1cc(O)cc(O)c1. The first kappa shape index (κ1) is 37.8. The molecule has 49 heavy (non-hydrogen) atoms. The fourth-order valence-electron chi connectivity index (χ4n) is 5.16. The maximum atomic E-state index is 13.1. The van der Waals surface area contributed by atoms with Gasteiger partial charge in [0.25, 0.3) is 0 Å². The quantitative estimate of drug-likeness (QED) is 0.102. The number of esters is 4. The Morgan fingerprint density at radius 1 is 0.531 bits per heavy atom. The molecule has 3 rings (SSSR count). The second-order valence-corrected chi connectivity index (χ2v) is 11.9. The van der Waals surface area contributed by atoms with Gasteiger partial charge in [-0.3, -0.25) is 9.59 Å². The predicted octanol–water partition coefficient (Wildman–Crippen LogP) is 4.45. The molecule has 264 valence electrons. The molecule has 0 heterocycles. The van der Waals surface area contributed by atoms with E-state index in [1.165, 1.54) is 58.0 Å². The van der Waals surface area contributed by atoms with Crippen LogP contribution in [0.2, 0.25) is 0 Å². The monoisotopic (exact) mass is 684 g/mol. The van der Waals surface area contributed by atoms with Crippen molar-refractivity contribution in [3.8, 4) is 34.5 Å². The minimum absolute atomic E-state index is 0.0818. The van der Waals surface area contributed by atoms with Gasteiger partial charge in [0, 0.05) is 31.0 Å². The van der Waals surface area contributed by atoms with Crippen LogP contribution in [0.25, 0.3) is 0 Å². The summed E-state index contributed by atoms with van der Waals surface area (Å²) in [7, 11) is 0. The number of rotatable bonds is 14. The number of phenolic OH excluding ortho intramolecular Hbond substituents is 6. The predicted molar refractivity (Wildman–Crippen MR) is 172 cm³/mol. The van der Waals surface area contributed by atoms with Crippen molar-refractivity contribution < 1.29 is 68.8 Å². The molecule has 0 fully saturated rings. The fourth-order valence-corrected chi connectivity index (χ4v) is 5.16. The number of phenols is 6. The van der Waals surface area contributed by atoms with Gasteiger partial charge in [0.15, 0.2) is 0 Å². The molecule has 0 aliphatic rings. The van der Waals surface area contributed by atoms with Crippen LogP contribution in [0.4, 0.5) is 0 Å². The first-order valence-electron chi connectivity index (χ1n) is 15.3. The van der Waals surface area contributed by atoms with E-state index in [1.54, 1.807) is 6.92 Å². The summed E-state index contributed by atoms with van der Waals surface area (Å²) in [6.45, 7) is 7.49. The second kappa shape index (κ2) is 16.4. The van der Waals surface area contributed by atoms with Gasteiger partial charge in [0.05, 0.1) is 12.8 Å². The largest absolute Gasteiger partial charge is 0.508 e. The van der Waals surface area contributed by atoms with Crippen molar-refractivity contribution in [2.24, 2.45) is 0 Å². The number of aryl methyl sites for hydroxylation is 1. The van der Waals surface area contributed by atoms with Crippen LogP contribution in [0.3, 0.4) is 0 Å². The van der Waals surface area contributed by atoms with Crippen molar-refractivity contribution >= 4 is 23.9 Å². The van der Waals surface area contributed by atoms with Crippen LogP contribution in [0.1, 0.15) is 77.9 Å². The van der Waals surface area contributed by atoms with Crippen LogP contribution in [0.15, 0.2) is 42.5 Å². The number of hydrogen-bond donors (Lipinski definition) is 6. The zero-order valence-electron chi connectivity index (χ0n) is 27.6. The molecule has 14 nitrogen and oxygen atoms in total. The highest BCUT2D eigenvalue weighted by Gasteiger charge is 2.26. The summed E-state index contributed by atoms with van der Waals surface area (Å²) >= 11 is 0. The zero-order valence-corrected chi connectivity index (χ0v) is 27.6. The van der Waals surface area contributed by atoms with Crippen molar-refractivity contribution in [3.05, 3.63) is 70.3 Å². The fraction of sp³-hybridized carbons (Fsp3) is 0.371. The van der Waals surface area contributed by atoms with Gasteiger partial charge in [0.2, 0.25) is 0 Å². The highest BCUT2D eigenvalue weighted by molar-refractivity contribution is 5.95. The normalized spacial score (nSPS) is 13.4. The minimum Gasteiger partial charge on any atom is -0.508 e. The molecule has 0 saturated carbocycles. The summed E-state index contributed by atoms with van der Waals surface area (Å²) in [6, 6.07) is 8.39. The van der Waals surface area contributed by atoms with Crippen molar-refractivity contribution in [1.82, 2.24) is 0 Å². The van der Waals surface area contributed by atoms with E-state index < -0.39 is 59.8 Å². The van der Waals surface area contributed by atoms with Crippen molar-refractivity contribution in [1.29, 1.82) is 0 Å². The molecule has 3 aromatic rings. The lowest BCUT2D eigenvalue weighted by Gasteiger charge is -2.20. The molecular weight excluding hydrogens is 644 g/mol. The second-order valence-electron chi connectivity index (χ2n) is 11.9. The first-order chi connectivity index (χ1) is 22.9. The van der Waals surface area contributed by atoms with Crippen LogP contribution in [0, 0.1) is 6.92 Å². The lowest BCUT2D eigenvalue weighted by Crippen LogP contribution is -2.25. The van der Waals surface area contributed by atoms with Crippen LogP contribution >= 0.6 is 0 Å². The third-order valence-electron chi connectivity index (χ3n) is 7.07. The molecule has 0 aliphatic heterocycles. The number of hydrogen-bond acceptors (Lipinski definition) is 14. The zero-order chi connectivity index (χ0) is 36.6. The van der Waals surface area contributed by atoms with Gasteiger partial charge in [-0.25, -0.2) is 9.59 Å². The molecule has 0 aliphatic carbocycles. The summed E-state index contributed by atoms with van der Waals surface area (Å²) in [6.07, 6.45) is -4.14. The van der Waals surface area contributed by atoms with E-state index in [4.69, 9.17) is 18.9 Å². The number of benzene rings is 3. The number of carbonyl (C=O) groups excluding carboxylic acids is 4. The van der Waals surface area contributed by atoms with Crippen LogP contribution < -0.4 is 0 Å². The van der Waals surface area contributed by atoms with Gasteiger partial charge in [-0.05, 0) is 75.6 Å². The van der Waals surface area contributed by atoms with Crippen LogP contribution in [0.5, 0.6) is 34.5 Å². The van der Waals surface area contributed by atoms with E-state index in [0.29, 0.717) is 5.56 Å². The van der Waals surface area contributed by atoms with Crippen LogP contribution in [-0.4, -0.2) is 78.9 Å². The molecule has 0 aromatic heterocycles. The maximum absolute atomic E-state index is 13.1. The van der Waals surface area contributed by atoms with E-state index in [2.05, 4.69) is 0 Å². The third-order valence-corrected chi connectivity index (χ3v) is 7.07. The Labute approximate surface area is 282 Å². The topological polar surface area (TPSA) is 227 Å². The molecule has 0 spiro atoms. The minimum atomic E-state index is -1.01. The average Bonchev–Trinajstić information content (AvgIpc) is 2.90. The standard InChI is InChI=1S/C35H40O14/c1-17-6-24(36)15-28(40)32(17)34(44)48-20(4)9-31(43)47-19(3)8-23-13-27(39)16-29(41)33(23)35(45)49-21(5)10-30(42)46-18(2)7-22-11-25(37)14-26(38)12-22/h6,11-16,18-21,36-41H,7-10H2,1-5H3. The van der Waals surface area contributed by atoms with Gasteiger partial charge in [-0.2, -0.15) is 0 Å². The molecule has 4 unspecified atom stereocenters. The molecule has 0 saturated heterocycles. The summed E-state index contributed by atoms with van der Waals surface area (Å²) in [5.41, 5.74) is 0.402. The van der Waals surface area contributed by atoms with Gasteiger partial charge < -0.3 is 49.6 Å². The van der Waals surface area contributed by atoms with E-state index in [9.17, 15) is 49.8 Å². The van der Waals surface area contributed by atoms with E-state index in [0.717, 1.165) is 12.1 Å². The Balaban J connectivity index is 1.56. The molecule has 0 bridgehead atoms. The number of ether oxygens (including phenoxy) is 4. The van der Waals surface area contributed by atoms with E-state index >= 15 is 0 Å². The van der Waals surface area contributed by atoms with E-state index in [-0.39, 0.29) is 70.9 Å². The Hall–Kier alpha value is -5.66. The molecule has 14 heteroatoms. The van der Waals surface area contributed by atoms with Crippen molar-refractivity contribution in [3.63, 3.8) is 0 Å². The maximum Gasteiger partial charge on any atom is 0.342 e. The van der Waals surface area contributed by atoms with E-state index in [1.807, 2.05) is 0 Å².